The van der Waals surface area contributed by atoms with Crippen LogP contribution in [0.3, 0.4) is 0 Å². The molecule has 0 fully saturated rings. The van der Waals surface area contributed by atoms with Crippen molar-refractivity contribution in [3.8, 4) is 11.5 Å². The summed E-state index contributed by atoms with van der Waals surface area (Å²) in [6.45, 7) is 0.113. The van der Waals surface area contributed by atoms with E-state index in [0.717, 1.165) is 0 Å². The van der Waals surface area contributed by atoms with Gasteiger partial charge in [0.25, 0.3) is 11.8 Å². The molecule has 9 nitrogen and oxygen atoms in total. The van der Waals surface area contributed by atoms with Gasteiger partial charge in [-0.1, -0.05) is 6.07 Å². The quantitative estimate of drug-likeness (QED) is 0.379. The number of anilines is 1. The van der Waals surface area contributed by atoms with Gasteiger partial charge in [0, 0.05) is 5.69 Å². The molecule has 1 aromatic heterocycles. The summed E-state index contributed by atoms with van der Waals surface area (Å²) in [7, 11) is 1.28. The third kappa shape index (κ3) is 5.24. The Kier molecular flexibility index (Phi) is 6.45. The van der Waals surface area contributed by atoms with Crippen LogP contribution in [-0.4, -0.2) is 31.7 Å². The van der Waals surface area contributed by atoms with E-state index in [4.69, 9.17) is 13.9 Å². The molecule has 2 N–H and O–H groups in total. The Morgan fingerprint density at radius 3 is 2.45 bits per heavy atom. The summed E-state index contributed by atoms with van der Waals surface area (Å²) in [5, 5.41) is 5.26. The Balaban J connectivity index is 1.59. The molecule has 2 heterocycles. The fourth-order valence-electron chi connectivity index (χ4n) is 2.95. The number of methoxy groups -OCH3 is 1. The van der Waals surface area contributed by atoms with Gasteiger partial charge in [0.1, 0.15) is 5.70 Å². The van der Waals surface area contributed by atoms with Crippen LogP contribution in [0.4, 0.5) is 5.69 Å². The molecule has 0 atom stereocenters. The third-order valence-corrected chi connectivity index (χ3v) is 4.99. The average Bonchev–Trinajstić information content (AvgIpc) is 3.47. The smallest absolute Gasteiger partial charge is 0.337 e. The monoisotopic (exact) mass is 512 g/mol. The first-order chi connectivity index (χ1) is 15.9. The van der Waals surface area contributed by atoms with E-state index >= 15 is 0 Å². The SMILES string of the molecule is COC(=O)c1ccc(NC(=O)/C(=C\c2ccc3c(c2)OCO3)NC(=O)c2ccc(Br)o2)cc1. The minimum absolute atomic E-state index is 0.0219. The number of amides is 2. The van der Waals surface area contributed by atoms with E-state index in [0.29, 0.717) is 33.0 Å². The number of carbonyl (C=O) groups is 3. The Morgan fingerprint density at radius 1 is 1.00 bits per heavy atom. The highest BCUT2D eigenvalue weighted by atomic mass is 79.9. The molecule has 0 radical (unpaired) electrons. The van der Waals surface area contributed by atoms with Gasteiger partial charge in [-0.25, -0.2) is 4.79 Å². The highest BCUT2D eigenvalue weighted by Crippen LogP contribution is 2.33. The van der Waals surface area contributed by atoms with Gasteiger partial charge in [-0.2, -0.15) is 0 Å². The van der Waals surface area contributed by atoms with Crippen LogP contribution in [0, 0.1) is 0 Å². The van der Waals surface area contributed by atoms with Gasteiger partial charge in [0.2, 0.25) is 6.79 Å². The van der Waals surface area contributed by atoms with E-state index in [-0.39, 0.29) is 18.3 Å². The maximum atomic E-state index is 13.0. The maximum Gasteiger partial charge on any atom is 0.337 e. The minimum atomic E-state index is -0.608. The summed E-state index contributed by atoms with van der Waals surface area (Å²) in [4.78, 5) is 37.2. The molecule has 0 bridgehead atoms. The largest absolute Gasteiger partial charge is 0.465 e. The minimum Gasteiger partial charge on any atom is -0.465 e. The summed E-state index contributed by atoms with van der Waals surface area (Å²) in [5.41, 5.74) is 1.32. The zero-order chi connectivity index (χ0) is 23.4. The molecule has 2 aromatic carbocycles. The van der Waals surface area contributed by atoms with Crippen molar-refractivity contribution in [2.45, 2.75) is 0 Å². The van der Waals surface area contributed by atoms with Gasteiger partial charge >= 0.3 is 5.97 Å². The van der Waals surface area contributed by atoms with Crippen molar-refractivity contribution >= 4 is 45.5 Å². The van der Waals surface area contributed by atoms with Crippen molar-refractivity contribution in [3.63, 3.8) is 0 Å². The van der Waals surface area contributed by atoms with Gasteiger partial charge in [-0.15, -0.1) is 0 Å². The first kappa shape index (κ1) is 22.2. The van der Waals surface area contributed by atoms with Crippen LogP contribution < -0.4 is 20.1 Å². The molecule has 0 spiro atoms. The number of rotatable bonds is 6. The van der Waals surface area contributed by atoms with Gasteiger partial charge in [0.15, 0.2) is 21.9 Å². The molecule has 168 valence electrons. The molecule has 0 saturated heterocycles. The van der Waals surface area contributed by atoms with Crippen LogP contribution >= 0.6 is 15.9 Å². The fraction of sp³-hybridized carbons (Fsp3) is 0.0870. The summed E-state index contributed by atoms with van der Waals surface area (Å²) in [6, 6.07) is 14.3. The number of ether oxygens (including phenoxy) is 3. The van der Waals surface area contributed by atoms with Gasteiger partial charge < -0.3 is 29.3 Å². The second kappa shape index (κ2) is 9.61. The van der Waals surface area contributed by atoms with Crippen molar-refractivity contribution in [1.82, 2.24) is 5.32 Å². The lowest BCUT2D eigenvalue weighted by Crippen LogP contribution is -2.30. The Bertz CT molecular complexity index is 1250. The van der Waals surface area contributed by atoms with E-state index in [9.17, 15) is 14.4 Å². The first-order valence-electron chi connectivity index (χ1n) is 9.61. The van der Waals surface area contributed by atoms with Crippen LogP contribution in [0.2, 0.25) is 0 Å². The molecule has 10 heteroatoms. The molecule has 1 aliphatic heterocycles. The number of furan rings is 1. The number of halogens is 1. The summed E-state index contributed by atoms with van der Waals surface area (Å²) >= 11 is 3.14. The zero-order valence-electron chi connectivity index (χ0n) is 17.2. The molecule has 4 rings (SSSR count). The van der Waals surface area contributed by atoms with Crippen LogP contribution in [0.5, 0.6) is 11.5 Å². The summed E-state index contributed by atoms with van der Waals surface area (Å²) in [6.07, 6.45) is 1.50. The molecular weight excluding hydrogens is 496 g/mol. The van der Waals surface area contributed by atoms with Crippen LogP contribution in [-0.2, 0) is 9.53 Å². The normalized spacial score (nSPS) is 12.2. The highest BCUT2D eigenvalue weighted by Gasteiger charge is 2.19. The van der Waals surface area contributed by atoms with E-state index in [2.05, 4.69) is 31.3 Å². The van der Waals surface area contributed by atoms with Crippen molar-refractivity contribution in [1.29, 1.82) is 0 Å². The molecule has 2 amide bonds. The Hall–Kier alpha value is -4.05. The average molecular weight is 513 g/mol. The van der Waals surface area contributed by atoms with Gasteiger partial charge in [-0.05, 0) is 76.1 Å². The van der Waals surface area contributed by atoms with E-state index < -0.39 is 17.8 Å². The second-order valence-corrected chi connectivity index (χ2v) is 7.53. The van der Waals surface area contributed by atoms with Crippen LogP contribution in [0.25, 0.3) is 6.08 Å². The highest BCUT2D eigenvalue weighted by molar-refractivity contribution is 9.10. The number of hydrogen-bond acceptors (Lipinski definition) is 7. The molecule has 0 aliphatic carbocycles. The molecule has 0 saturated carbocycles. The third-order valence-electron chi connectivity index (χ3n) is 4.56. The predicted octanol–water partition coefficient (Wildman–Crippen LogP) is 3.97. The molecule has 1 aliphatic rings. The lowest BCUT2D eigenvalue weighted by atomic mass is 10.1. The topological polar surface area (TPSA) is 116 Å². The van der Waals surface area contributed by atoms with E-state index in [1.807, 2.05) is 0 Å². The Labute approximate surface area is 196 Å². The van der Waals surface area contributed by atoms with Crippen molar-refractivity contribution in [2.75, 3.05) is 19.2 Å². The lowest BCUT2D eigenvalue weighted by molar-refractivity contribution is -0.113. The van der Waals surface area contributed by atoms with Gasteiger partial charge in [-0.3, -0.25) is 9.59 Å². The number of hydrogen-bond donors (Lipinski definition) is 2. The van der Waals surface area contributed by atoms with Gasteiger partial charge in [0.05, 0.1) is 12.7 Å². The lowest BCUT2D eigenvalue weighted by Gasteiger charge is -2.11. The molecule has 0 unspecified atom stereocenters. The predicted molar refractivity (Wildman–Crippen MR) is 121 cm³/mol. The number of esters is 1. The van der Waals surface area contributed by atoms with E-state index in [1.165, 1.54) is 31.4 Å². The van der Waals surface area contributed by atoms with Crippen LogP contribution in [0.15, 0.2) is 69.4 Å². The number of fused-ring (bicyclic) bond motifs is 1. The number of carbonyl (C=O) groups excluding carboxylic acids is 3. The molecule has 33 heavy (non-hydrogen) atoms. The summed E-state index contributed by atoms with van der Waals surface area (Å²) in [5.74, 6) is -0.542. The Morgan fingerprint density at radius 2 is 1.76 bits per heavy atom. The maximum absolute atomic E-state index is 13.0. The van der Waals surface area contributed by atoms with Crippen molar-refractivity contribution < 1.29 is 33.0 Å². The van der Waals surface area contributed by atoms with E-state index in [1.54, 1.807) is 36.4 Å². The molecule has 3 aromatic rings. The fourth-order valence-corrected chi connectivity index (χ4v) is 3.26. The van der Waals surface area contributed by atoms with Crippen LogP contribution in [0.1, 0.15) is 26.5 Å². The second-order valence-electron chi connectivity index (χ2n) is 6.75. The number of benzene rings is 2. The first-order valence-corrected chi connectivity index (χ1v) is 10.4. The number of nitrogens with one attached hydrogen (secondary N) is 2. The zero-order valence-corrected chi connectivity index (χ0v) is 18.8. The standard InChI is InChI=1S/C23H17BrN2O7/c1-30-23(29)14-3-5-15(6-4-14)25-21(27)16(26-22(28)18-8-9-20(24)33-18)10-13-2-7-17-19(11-13)32-12-31-17/h2-11H,12H2,1H3,(H,25,27)(H,26,28)/b16-10+. The summed E-state index contributed by atoms with van der Waals surface area (Å²) < 4.78 is 21.0. The van der Waals surface area contributed by atoms with Crippen molar-refractivity contribution in [2.24, 2.45) is 0 Å². The molecular formula is C23H17BrN2O7. The van der Waals surface area contributed by atoms with Crippen molar-refractivity contribution in [3.05, 3.63) is 81.9 Å².